The van der Waals surface area contributed by atoms with Crippen molar-refractivity contribution in [2.24, 2.45) is 0 Å². The van der Waals surface area contributed by atoms with Gasteiger partial charge in [-0.25, -0.2) is 0 Å². The first kappa shape index (κ1) is 12.3. The standard InChI is InChI=1S/C13H20N2O2/c1-9(17-2)8-14-11-4-3-5-12-10(11)6-7-13(16)15-12/h6-7,9,11,14H,3-5,8H2,1-2H3,(H,15,16). The van der Waals surface area contributed by atoms with Crippen LogP contribution in [0.2, 0.25) is 0 Å². The van der Waals surface area contributed by atoms with Crippen LogP contribution in [-0.2, 0) is 11.2 Å². The molecule has 0 fully saturated rings. The Morgan fingerprint density at radius 3 is 3.18 bits per heavy atom. The third-order valence-corrected chi connectivity index (χ3v) is 3.39. The zero-order valence-corrected chi connectivity index (χ0v) is 10.5. The van der Waals surface area contributed by atoms with Crippen molar-refractivity contribution < 1.29 is 4.74 Å². The van der Waals surface area contributed by atoms with Crippen molar-refractivity contribution in [3.63, 3.8) is 0 Å². The first-order valence-electron chi connectivity index (χ1n) is 6.19. The highest BCUT2D eigenvalue weighted by atomic mass is 16.5. The highest BCUT2D eigenvalue weighted by Gasteiger charge is 2.20. The Bertz CT molecular complexity index is 428. The average Bonchev–Trinajstić information content (AvgIpc) is 2.35. The summed E-state index contributed by atoms with van der Waals surface area (Å²) in [6, 6.07) is 3.90. The Hall–Kier alpha value is -1.13. The molecule has 94 valence electrons. The molecule has 0 amide bonds. The fourth-order valence-corrected chi connectivity index (χ4v) is 2.30. The summed E-state index contributed by atoms with van der Waals surface area (Å²) in [5.41, 5.74) is 2.32. The normalized spacial score (nSPS) is 20.9. The number of hydrogen-bond acceptors (Lipinski definition) is 3. The highest BCUT2D eigenvalue weighted by molar-refractivity contribution is 5.26. The van der Waals surface area contributed by atoms with E-state index in [0.29, 0.717) is 6.04 Å². The number of fused-ring (bicyclic) bond motifs is 1. The SMILES string of the molecule is COC(C)CNC1CCCc2[nH]c(=O)ccc21. The van der Waals surface area contributed by atoms with E-state index in [1.54, 1.807) is 13.2 Å². The van der Waals surface area contributed by atoms with Gasteiger partial charge < -0.3 is 15.0 Å². The minimum absolute atomic E-state index is 0.00494. The average molecular weight is 236 g/mol. The molecule has 0 bridgehead atoms. The molecule has 1 aliphatic carbocycles. The van der Waals surface area contributed by atoms with Gasteiger partial charge in [-0.1, -0.05) is 6.07 Å². The molecule has 1 heterocycles. The maximum Gasteiger partial charge on any atom is 0.248 e. The molecule has 0 spiro atoms. The van der Waals surface area contributed by atoms with Crippen molar-refractivity contribution in [1.29, 1.82) is 0 Å². The first-order chi connectivity index (χ1) is 8.20. The monoisotopic (exact) mass is 236 g/mol. The van der Waals surface area contributed by atoms with Gasteiger partial charge >= 0.3 is 0 Å². The number of pyridine rings is 1. The highest BCUT2D eigenvalue weighted by Crippen LogP contribution is 2.27. The summed E-state index contributed by atoms with van der Waals surface area (Å²) in [6.07, 6.45) is 3.42. The second-order valence-corrected chi connectivity index (χ2v) is 4.66. The van der Waals surface area contributed by atoms with E-state index in [4.69, 9.17) is 4.74 Å². The van der Waals surface area contributed by atoms with Crippen LogP contribution in [0.4, 0.5) is 0 Å². The van der Waals surface area contributed by atoms with E-state index < -0.39 is 0 Å². The number of nitrogens with one attached hydrogen (secondary N) is 2. The lowest BCUT2D eigenvalue weighted by molar-refractivity contribution is 0.113. The molecule has 4 heteroatoms. The third-order valence-electron chi connectivity index (χ3n) is 3.39. The van der Waals surface area contributed by atoms with Crippen molar-refractivity contribution in [3.8, 4) is 0 Å². The maximum absolute atomic E-state index is 11.3. The number of methoxy groups -OCH3 is 1. The molecule has 4 nitrogen and oxygen atoms in total. The molecule has 2 atom stereocenters. The van der Waals surface area contributed by atoms with Crippen LogP contribution < -0.4 is 10.9 Å². The number of aryl methyl sites for hydroxylation is 1. The van der Waals surface area contributed by atoms with Gasteiger partial charge in [-0.3, -0.25) is 4.79 Å². The van der Waals surface area contributed by atoms with Crippen molar-refractivity contribution in [2.75, 3.05) is 13.7 Å². The quantitative estimate of drug-likeness (QED) is 0.830. The molecule has 0 saturated heterocycles. The van der Waals surface area contributed by atoms with Crippen LogP contribution in [0.25, 0.3) is 0 Å². The van der Waals surface area contributed by atoms with Gasteiger partial charge in [0, 0.05) is 31.5 Å². The van der Waals surface area contributed by atoms with Gasteiger partial charge in [0.1, 0.15) is 0 Å². The summed E-state index contributed by atoms with van der Waals surface area (Å²) < 4.78 is 5.23. The van der Waals surface area contributed by atoms with E-state index in [-0.39, 0.29) is 11.7 Å². The Kier molecular flexibility index (Phi) is 3.97. The zero-order valence-electron chi connectivity index (χ0n) is 10.5. The summed E-state index contributed by atoms with van der Waals surface area (Å²) >= 11 is 0. The third kappa shape index (κ3) is 2.96. The lowest BCUT2D eigenvalue weighted by Crippen LogP contribution is -2.32. The van der Waals surface area contributed by atoms with Crippen LogP contribution >= 0.6 is 0 Å². The molecular weight excluding hydrogens is 216 g/mol. The zero-order chi connectivity index (χ0) is 12.3. The predicted octanol–water partition coefficient (Wildman–Crippen LogP) is 1.38. The van der Waals surface area contributed by atoms with E-state index >= 15 is 0 Å². The molecule has 17 heavy (non-hydrogen) atoms. The van der Waals surface area contributed by atoms with Crippen LogP contribution in [0, 0.1) is 0 Å². The predicted molar refractivity (Wildman–Crippen MR) is 67.2 cm³/mol. The number of aromatic nitrogens is 1. The van der Waals surface area contributed by atoms with E-state index in [0.717, 1.165) is 31.5 Å². The second kappa shape index (κ2) is 5.47. The number of hydrogen-bond donors (Lipinski definition) is 2. The maximum atomic E-state index is 11.3. The molecule has 0 aliphatic heterocycles. The molecule has 1 aromatic rings. The Morgan fingerprint density at radius 1 is 1.59 bits per heavy atom. The van der Waals surface area contributed by atoms with Crippen molar-refractivity contribution in [2.45, 2.75) is 38.3 Å². The van der Waals surface area contributed by atoms with Gasteiger partial charge in [-0.2, -0.15) is 0 Å². The van der Waals surface area contributed by atoms with E-state index in [1.165, 1.54) is 5.56 Å². The summed E-state index contributed by atoms with van der Waals surface area (Å²) in [6.45, 7) is 2.88. The van der Waals surface area contributed by atoms with Crippen LogP contribution in [-0.4, -0.2) is 24.7 Å². The fraction of sp³-hybridized carbons (Fsp3) is 0.615. The van der Waals surface area contributed by atoms with Crippen molar-refractivity contribution in [1.82, 2.24) is 10.3 Å². The van der Waals surface area contributed by atoms with E-state index in [1.807, 2.05) is 13.0 Å². The summed E-state index contributed by atoms with van der Waals surface area (Å²) in [4.78, 5) is 14.2. The lowest BCUT2D eigenvalue weighted by Gasteiger charge is -2.27. The minimum atomic E-state index is -0.00494. The van der Waals surface area contributed by atoms with Crippen molar-refractivity contribution in [3.05, 3.63) is 33.7 Å². The number of ether oxygens (including phenoxy) is 1. The molecule has 1 aromatic heterocycles. The molecule has 2 unspecified atom stereocenters. The van der Waals surface area contributed by atoms with E-state index in [9.17, 15) is 4.79 Å². The molecule has 1 aliphatic rings. The first-order valence-corrected chi connectivity index (χ1v) is 6.19. The molecule has 0 saturated carbocycles. The van der Waals surface area contributed by atoms with Crippen LogP contribution in [0.3, 0.4) is 0 Å². The molecule has 0 aromatic carbocycles. The minimum Gasteiger partial charge on any atom is -0.380 e. The van der Waals surface area contributed by atoms with Gasteiger partial charge in [0.2, 0.25) is 5.56 Å². The van der Waals surface area contributed by atoms with Crippen LogP contribution in [0.5, 0.6) is 0 Å². The Balaban J connectivity index is 2.09. The molecule has 2 rings (SSSR count). The largest absolute Gasteiger partial charge is 0.380 e. The summed E-state index contributed by atoms with van der Waals surface area (Å²) in [7, 11) is 1.72. The van der Waals surface area contributed by atoms with E-state index in [2.05, 4.69) is 10.3 Å². The molecular formula is C13H20N2O2. The van der Waals surface area contributed by atoms with Crippen molar-refractivity contribution >= 4 is 0 Å². The second-order valence-electron chi connectivity index (χ2n) is 4.66. The topological polar surface area (TPSA) is 54.1 Å². The smallest absolute Gasteiger partial charge is 0.248 e. The van der Waals surface area contributed by atoms with Gasteiger partial charge in [-0.05, 0) is 31.7 Å². The summed E-state index contributed by atoms with van der Waals surface area (Å²) in [5.74, 6) is 0. The lowest BCUT2D eigenvalue weighted by atomic mass is 9.91. The number of aromatic amines is 1. The number of rotatable bonds is 4. The van der Waals surface area contributed by atoms with Gasteiger partial charge in [0.05, 0.1) is 6.10 Å². The fourth-order valence-electron chi connectivity index (χ4n) is 2.30. The van der Waals surface area contributed by atoms with Gasteiger partial charge in [0.25, 0.3) is 0 Å². The summed E-state index contributed by atoms with van der Waals surface area (Å²) in [5, 5.41) is 3.50. The Labute approximate surface area is 101 Å². The van der Waals surface area contributed by atoms with Crippen LogP contribution in [0.15, 0.2) is 16.9 Å². The number of H-pyrrole nitrogens is 1. The molecule has 2 N–H and O–H groups in total. The van der Waals surface area contributed by atoms with Crippen LogP contribution in [0.1, 0.15) is 37.1 Å². The Morgan fingerprint density at radius 2 is 2.41 bits per heavy atom. The molecule has 0 radical (unpaired) electrons. The van der Waals surface area contributed by atoms with Gasteiger partial charge in [-0.15, -0.1) is 0 Å². The van der Waals surface area contributed by atoms with Gasteiger partial charge in [0.15, 0.2) is 0 Å².